The fourth-order valence-corrected chi connectivity index (χ4v) is 11.9. The van der Waals surface area contributed by atoms with Crippen molar-refractivity contribution in [3.05, 3.63) is 336 Å². The SMILES string of the molecule is BrCc1ncccc1Br.C1CCOC1.CCOC(=O)c1cccn2c(-c3ccc(F)cc3)ncc12.CO.Cc1ncccc1Br.ClC(Cl)(Cl)Cl.Fc1ccc(-c2ncc3c(Br)cccn23)cc1.NC(=O)c1ccc(F)cc1.O=C(NCc1ncccc1Br)c1ccc(F)cc1.O=C(O)c1cccn2c(-c3ccc(F)cc3)ncc12.O=P(Cl)(Cl)Cl.[H-].[K+].[Na+].[OH-]. The number of aromatic carboxylic acids is 1. The molecular formula is C81H71Br5Cl7F5KN11NaO10P. The van der Waals surface area contributed by atoms with Crippen LogP contribution >= 0.6 is 165 Å². The van der Waals surface area contributed by atoms with Crippen LogP contribution in [0.4, 0.5) is 22.0 Å². The van der Waals surface area contributed by atoms with Gasteiger partial charge in [0, 0.05) is 109 Å². The molecule has 14 aromatic rings. The van der Waals surface area contributed by atoms with Crippen molar-refractivity contribution in [1.82, 2.24) is 48.4 Å². The molecule has 636 valence electrons. The van der Waals surface area contributed by atoms with Gasteiger partial charge < -0.3 is 37.6 Å². The van der Waals surface area contributed by atoms with Gasteiger partial charge in [-0.3, -0.25) is 42.3 Å². The van der Waals surface area contributed by atoms with Crippen LogP contribution in [0.5, 0.6) is 0 Å². The minimum absolute atomic E-state index is 0. The number of aryl methyl sites for hydroxylation is 1. The third-order valence-electron chi connectivity index (χ3n) is 14.9. The van der Waals surface area contributed by atoms with Crippen LogP contribution in [-0.2, 0) is 25.9 Å². The van der Waals surface area contributed by atoms with Gasteiger partial charge in [-0.25, -0.2) is 46.5 Å². The van der Waals surface area contributed by atoms with Crippen LogP contribution in [0.15, 0.2) is 268 Å². The Labute approximate surface area is 841 Å². The fourth-order valence-electron chi connectivity index (χ4n) is 9.55. The van der Waals surface area contributed by atoms with Gasteiger partial charge >= 0.3 is 98.1 Å². The average Bonchev–Trinajstić information content (AvgIpc) is 1.67. The summed E-state index contributed by atoms with van der Waals surface area (Å²) >= 11 is 50.0. The second kappa shape index (κ2) is 59.4. The van der Waals surface area contributed by atoms with Crippen LogP contribution in [-0.4, -0.2) is 113 Å². The number of aromatic nitrogens is 9. The first kappa shape index (κ1) is 112. The number of carboxylic acids is 1. The Morgan fingerprint density at radius 1 is 0.533 bits per heavy atom. The van der Waals surface area contributed by atoms with E-state index in [0.29, 0.717) is 52.5 Å². The van der Waals surface area contributed by atoms with Crippen LogP contribution in [0, 0.1) is 36.0 Å². The fraction of sp³-hybridized carbons (Fsp3) is 0.136. The molecule has 5 aromatic carbocycles. The number of aliphatic hydroxyl groups excluding tert-OH is 1. The number of amides is 2. The molecule has 0 unspecified atom stereocenters. The zero-order valence-electron chi connectivity index (χ0n) is 65.8. The van der Waals surface area contributed by atoms with Gasteiger partial charge in [-0.15, -0.1) is 0 Å². The predicted molar refractivity (Wildman–Crippen MR) is 481 cm³/mol. The molecule has 10 heterocycles. The number of imidazole rings is 3. The number of primary amides is 1. The zero-order chi connectivity index (χ0) is 87.8. The van der Waals surface area contributed by atoms with Crippen molar-refractivity contribution in [2.75, 3.05) is 26.9 Å². The maximum absolute atomic E-state index is 13.0. The van der Waals surface area contributed by atoms with Crippen LogP contribution in [0.2, 0.25) is 0 Å². The average molecular weight is 2190 g/mol. The van der Waals surface area contributed by atoms with E-state index >= 15 is 0 Å². The van der Waals surface area contributed by atoms with Crippen LogP contribution in [0.1, 0.15) is 79.7 Å². The number of ether oxygens (including phenoxy) is 2. The number of nitrogens with one attached hydrogen (secondary N) is 1. The number of nitrogens with zero attached hydrogens (tertiary/aromatic N) is 9. The second-order valence-electron chi connectivity index (χ2n) is 23.0. The summed E-state index contributed by atoms with van der Waals surface area (Å²) in [5.74, 6) is -1.74. The third kappa shape index (κ3) is 41.0. The first-order valence-corrected chi connectivity index (χ1v) is 44.5. The molecule has 1 fully saturated rings. The molecule has 9 aromatic heterocycles. The first-order chi connectivity index (χ1) is 56.6. The number of benzene rings is 5. The van der Waals surface area contributed by atoms with E-state index in [2.05, 4.69) is 149 Å². The van der Waals surface area contributed by atoms with Crippen molar-refractivity contribution in [3.63, 3.8) is 0 Å². The summed E-state index contributed by atoms with van der Waals surface area (Å²) in [5.41, 5.74) is 13.7. The smallest absolute Gasteiger partial charge is 1.00 e. The summed E-state index contributed by atoms with van der Waals surface area (Å²) in [4.78, 5) is 70.4. The van der Waals surface area contributed by atoms with Gasteiger partial charge in [0.1, 0.15) is 46.6 Å². The van der Waals surface area contributed by atoms with E-state index in [1.165, 1.54) is 110 Å². The number of aliphatic hydroxyl groups is 1. The summed E-state index contributed by atoms with van der Waals surface area (Å²) in [6.07, 6.45) is 18.2. The number of carbonyl (C=O) groups is 4. The van der Waals surface area contributed by atoms with Gasteiger partial charge in [-0.05, 0) is 318 Å². The van der Waals surface area contributed by atoms with Gasteiger partial charge in [0.05, 0.1) is 76.5 Å². The number of alkyl halides is 5. The molecule has 41 heteroatoms. The van der Waals surface area contributed by atoms with Gasteiger partial charge in [0.25, 0.3) is 9.16 Å². The summed E-state index contributed by atoms with van der Waals surface area (Å²) in [6.45, 7) is 6.36. The molecule has 2 amide bonds. The first-order valence-electron chi connectivity index (χ1n) is 34.2. The van der Waals surface area contributed by atoms with E-state index in [9.17, 15) is 45.7 Å². The molecule has 15 rings (SSSR count). The molecule has 0 saturated carbocycles. The van der Waals surface area contributed by atoms with Gasteiger partial charge in [-0.2, -0.15) is 0 Å². The van der Waals surface area contributed by atoms with Crippen molar-refractivity contribution in [2.24, 2.45) is 5.73 Å². The molecule has 1 aliphatic heterocycles. The molecule has 1 saturated heterocycles. The van der Waals surface area contributed by atoms with Crippen molar-refractivity contribution in [2.45, 2.75) is 41.8 Å². The quantitative estimate of drug-likeness (QED) is 0.0307. The summed E-state index contributed by atoms with van der Waals surface area (Å²) in [5, 5.41) is 16.4. The van der Waals surface area contributed by atoms with Crippen LogP contribution < -0.4 is 92.0 Å². The number of esters is 1. The van der Waals surface area contributed by atoms with Crippen molar-refractivity contribution < 1.29 is 153 Å². The van der Waals surface area contributed by atoms with E-state index in [-0.39, 0.29) is 134 Å². The number of fused-ring (bicyclic) bond motifs is 3. The van der Waals surface area contributed by atoms with Crippen LogP contribution in [0.25, 0.3) is 50.7 Å². The number of halogens is 17. The monoisotopic (exact) mass is 2180 g/mol. The number of carboxylic acid groups (broad SMARTS) is 1. The minimum Gasteiger partial charge on any atom is -1.00 e. The molecule has 6 N–H and O–H groups in total. The Bertz CT molecular complexity index is 5570. The molecule has 21 nitrogen and oxygen atoms in total. The third-order valence-corrected chi connectivity index (χ3v) is 18.4. The van der Waals surface area contributed by atoms with Crippen molar-refractivity contribution in [3.8, 4) is 34.2 Å². The van der Waals surface area contributed by atoms with Crippen LogP contribution in [0.3, 0.4) is 0 Å². The summed E-state index contributed by atoms with van der Waals surface area (Å²) < 4.78 is 91.0. The van der Waals surface area contributed by atoms with Crippen molar-refractivity contribution >= 4 is 205 Å². The molecule has 0 radical (unpaired) electrons. The Kier molecular flexibility index (Phi) is 54.7. The Balaban J connectivity index is 0.000000703. The van der Waals surface area contributed by atoms with E-state index < -0.39 is 20.3 Å². The molecule has 0 spiro atoms. The number of carbonyl (C=O) groups excluding carboxylic acids is 3. The molecular weight excluding hydrogens is 2120 g/mol. The van der Waals surface area contributed by atoms with Crippen molar-refractivity contribution in [1.29, 1.82) is 0 Å². The summed E-state index contributed by atoms with van der Waals surface area (Å²) in [7, 11) is 1.00. The zero-order valence-corrected chi connectivity index (χ0v) is 84.0. The predicted octanol–water partition coefficient (Wildman–Crippen LogP) is 18.5. The van der Waals surface area contributed by atoms with Gasteiger partial charge in [0.2, 0.25) is 5.91 Å². The van der Waals surface area contributed by atoms with E-state index in [4.69, 9.17) is 71.8 Å². The van der Waals surface area contributed by atoms with Gasteiger partial charge in [0.15, 0.2) is 0 Å². The largest absolute Gasteiger partial charge is 1.00 e. The molecule has 0 atom stereocenters. The topological polar surface area (TPSA) is 303 Å². The maximum Gasteiger partial charge on any atom is 1.00 e. The van der Waals surface area contributed by atoms with E-state index in [1.54, 1.807) is 114 Å². The Morgan fingerprint density at radius 3 is 1.20 bits per heavy atom. The van der Waals surface area contributed by atoms with E-state index in [1.807, 2.05) is 66.2 Å². The number of pyridine rings is 6. The Hall–Kier alpha value is -5.67. The normalized spacial score (nSPS) is 10.6. The van der Waals surface area contributed by atoms with E-state index in [0.717, 1.165) is 88.7 Å². The number of nitrogens with two attached hydrogens (primary N) is 1. The maximum atomic E-state index is 13.0. The molecule has 122 heavy (non-hydrogen) atoms. The number of hydrogen-bond donors (Lipinski definition) is 4. The second-order valence-corrected chi connectivity index (χ2v) is 37.1. The molecule has 1 aliphatic rings. The number of hydrogen-bond acceptors (Lipinski definition) is 15. The standard InChI is InChI=1S/C16H13FN2O2.C14H9FN2O2.C13H10BrFN2O.C13H8BrFN2.C7H6FNO.C6H5Br2N.C6H6BrN.C4H8O.CCl4.CH4O.Cl3OP.K.Na.H2O.H/c1-2-21-16(20)13-4-3-9-19-14(13)10-18-15(19)11-5-7-12(17)8-6-11;15-10-5-3-9(4-6-10)13-16-8-12-11(14(18)19)2-1-7-17(12)13;14-11-2-1-7-16-12(11)8-17-13(18)9-3-5-10(15)6-4-9;14-11-2-1-7-17-12(11)8-16-13(17)9-3-5-10(15)6-4-9;8-6-3-1-5(2-4-6)7(9)10;7-4-6-5(8)2-1-3-9-6;1-5-6(7)3-2-4-8-5;1-2-4-5-3-1;2-1(3,4)5;1-2;1-5(2,3)4;;;;/h3-10H,2H2,1H3;1-8H,(H,18,19);1-7H,8H2,(H,17,18);1-8H;1-4H,(H2,9,10);1-3H,4H2;2-4H,1H3;1-4H2;;2H,1H3;;;;1H2;/q;;;;;;;;;;;2*+1;;-1/p-1. The minimum atomic E-state index is -3.22. The number of rotatable bonds is 11. The molecule has 0 bridgehead atoms. The molecule has 0 aliphatic carbocycles. The summed E-state index contributed by atoms with van der Waals surface area (Å²) in [6, 6.07) is 50.7. The Morgan fingerprint density at radius 2 is 0.869 bits per heavy atom. The van der Waals surface area contributed by atoms with Gasteiger partial charge in [-0.1, -0.05) is 62.3 Å².